The molecule has 1 amide bonds. The van der Waals surface area contributed by atoms with Crippen molar-refractivity contribution >= 4 is 16.7 Å². The van der Waals surface area contributed by atoms with Gasteiger partial charge >= 0.3 is 0 Å². The molecule has 0 radical (unpaired) electrons. The van der Waals surface area contributed by atoms with Crippen molar-refractivity contribution in [3.8, 4) is 11.6 Å². The Labute approximate surface area is 247 Å². The minimum Gasteiger partial charge on any atom is -0.471 e. The van der Waals surface area contributed by atoms with Crippen LogP contribution < -0.4 is 10.5 Å². The quantitative estimate of drug-likeness (QED) is 0.246. The van der Waals surface area contributed by atoms with Crippen LogP contribution in [-0.4, -0.2) is 74.1 Å². The number of nitrogens with zero attached hydrogens (tertiary/aromatic N) is 5. The fraction of sp³-hybridized carbons (Fsp3) is 0.455. The van der Waals surface area contributed by atoms with Crippen molar-refractivity contribution in [2.75, 3.05) is 27.2 Å². The van der Waals surface area contributed by atoms with E-state index < -0.39 is 11.5 Å². The molecule has 2 aromatic carbocycles. The van der Waals surface area contributed by atoms with E-state index >= 15 is 0 Å². The molecule has 1 saturated carbocycles. The summed E-state index contributed by atoms with van der Waals surface area (Å²) in [6.07, 6.45) is 8.98. The summed E-state index contributed by atoms with van der Waals surface area (Å²) in [6.45, 7) is 3.19. The molecule has 2 heterocycles. The third kappa shape index (κ3) is 6.47. The predicted octanol–water partition coefficient (Wildman–Crippen LogP) is 4.24. The monoisotopic (exact) mass is 571 g/mol. The first-order valence-corrected chi connectivity index (χ1v) is 15.0. The first kappa shape index (κ1) is 29.7. The maximum Gasteiger partial charge on any atom is 0.255 e. The molecule has 0 saturated heterocycles. The summed E-state index contributed by atoms with van der Waals surface area (Å²) in [5.74, 6) is 0.138. The van der Waals surface area contributed by atoms with Crippen LogP contribution in [0.25, 0.3) is 16.5 Å². The van der Waals surface area contributed by atoms with Crippen molar-refractivity contribution in [2.45, 2.75) is 63.5 Å². The van der Waals surface area contributed by atoms with Gasteiger partial charge in [0.15, 0.2) is 5.60 Å². The molecule has 5 rings (SSSR count). The summed E-state index contributed by atoms with van der Waals surface area (Å²) in [7, 11) is 4.10. The summed E-state index contributed by atoms with van der Waals surface area (Å²) >= 11 is 0. The van der Waals surface area contributed by atoms with Gasteiger partial charge in [-0.2, -0.15) is 5.10 Å². The van der Waals surface area contributed by atoms with E-state index in [2.05, 4.69) is 41.3 Å². The average Bonchev–Trinajstić information content (AvgIpc) is 3.51. The highest BCUT2D eigenvalue weighted by Crippen LogP contribution is 2.39. The third-order valence-electron chi connectivity index (χ3n) is 8.87. The first-order chi connectivity index (χ1) is 20.2. The van der Waals surface area contributed by atoms with Crippen LogP contribution in [0.15, 0.2) is 67.3 Å². The number of rotatable bonds is 12. The number of aryl methyl sites for hydroxylation is 1. The summed E-state index contributed by atoms with van der Waals surface area (Å²) in [6, 6.07) is 18.1. The normalized spacial score (nSPS) is 21.0. The van der Waals surface area contributed by atoms with Gasteiger partial charge in [-0.3, -0.25) is 4.79 Å². The maximum atomic E-state index is 12.8. The Kier molecular flexibility index (Phi) is 8.89. The van der Waals surface area contributed by atoms with Gasteiger partial charge in [-0.15, -0.1) is 0 Å². The van der Waals surface area contributed by atoms with Gasteiger partial charge in [0.05, 0.1) is 19.8 Å². The fourth-order valence-corrected chi connectivity index (χ4v) is 6.49. The molecular weight excluding hydrogens is 528 g/mol. The zero-order valence-corrected chi connectivity index (χ0v) is 24.9. The number of nitrogens with two attached hydrogens (primary N) is 1. The van der Waals surface area contributed by atoms with Crippen LogP contribution in [0.3, 0.4) is 0 Å². The highest BCUT2D eigenvalue weighted by atomic mass is 16.5. The number of carbonyl (C=O) groups excluding carboxylic acids is 1. The standard InChI is InChI=1S/C33H42N6O3/c1-4-5-9-27-20-26-8-6-7-10-29(26)31(37-27)42-18-17-39(2,3)30-16-13-25(21-33(30,41)32(34)40)19-24-11-14-28(15-12-24)38-23-35-22-36-38/h6-8,10-12,14-15,20,22-23,25,30,41H,4-5,9,13,16-19,21H2,1-3H3,(H-,34,40)/p+1/t25?,30-,33-/m0/s1. The van der Waals surface area contributed by atoms with Crippen LogP contribution in [0.4, 0.5) is 0 Å². The van der Waals surface area contributed by atoms with E-state index in [4.69, 9.17) is 15.5 Å². The Morgan fingerprint density at radius 1 is 1.17 bits per heavy atom. The smallest absolute Gasteiger partial charge is 0.255 e. The topological polar surface area (TPSA) is 116 Å². The van der Waals surface area contributed by atoms with Crippen molar-refractivity contribution in [2.24, 2.45) is 11.7 Å². The van der Waals surface area contributed by atoms with Crippen LogP contribution in [-0.2, 0) is 17.6 Å². The molecular formula is C33H43N6O3+. The number of carbonyl (C=O) groups is 1. The number of quaternary nitrogens is 1. The molecule has 1 fully saturated rings. The number of hydrogen-bond donors (Lipinski definition) is 2. The number of unbranched alkanes of at least 4 members (excludes halogenated alkanes) is 1. The Morgan fingerprint density at radius 2 is 1.95 bits per heavy atom. The second-order valence-electron chi connectivity index (χ2n) is 12.3. The Morgan fingerprint density at radius 3 is 2.67 bits per heavy atom. The van der Waals surface area contributed by atoms with E-state index in [0.717, 1.165) is 59.8 Å². The molecule has 9 nitrogen and oxygen atoms in total. The van der Waals surface area contributed by atoms with E-state index in [1.807, 2.05) is 44.4 Å². The van der Waals surface area contributed by atoms with Gasteiger partial charge < -0.3 is 20.1 Å². The molecule has 9 heteroatoms. The lowest BCUT2D eigenvalue weighted by molar-refractivity contribution is -0.922. The van der Waals surface area contributed by atoms with Gasteiger partial charge in [-0.05, 0) is 73.2 Å². The predicted molar refractivity (Wildman–Crippen MR) is 163 cm³/mol. The largest absolute Gasteiger partial charge is 0.471 e. The number of hydrogen-bond acceptors (Lipinski definition) is 6. The van der Waals surface area contributed by atoms with Gasteiger partial charge in [0.2, 0.25) is 5.88 Å². The molecule has 3 atom stereocenters. The highest BCUT2D eigenvalue weighted by molar-refractivity contribution is 5.87. The summed E-state index contributed by atoms with van der Waals surface area (Å²) in [5.41, 5.74) is 7.42. The number of aromatic nitrogens is 4. The maximum absolute atomic E-state index is 12.8. The zero-order valence-electron chi connectivity index (χ0n) is 24.9. The SMILES string of the molecule is CCCCc1cc2ccccc2c(OCC[N+](C)(C)[C@H]2CCC(Cc3ccc(-n4cncn4)cc3)C[C@@]2(O)C(N)=O)n1. The van der Waals surface area contributed by atoms with Crippen molar-refractivity contribution in [3.63, 3.8) is 0 Å². The Hall–Kier alpha value is -3.82. The van der Waals surface area contributed by atoms with Gasteiger partial charge in [0.1, 0.15) is 31.8 Å². The lowest BCUT2D eigenvalue weighted by Gasteiger charge is -2.49. The number of ether oxygens (including phenoxy) is 1. The van der Waals surface area contributed by atoms with Crippen molar-refractivity contribution in [1.82, 2.24) is 19.7 Å². The minimum absolute atomic E-state index is 0.147. The van der Waals surface area contributed by atoms with E-state index in [1.165, 1.54) is 6.33 Å². The van der Waals surface area contributed by atoms with Gasteiger partial charge in [-0.1, -0.05) is 43.7 Å². The van der Waals surface area contributed by atoms with Crippen molar-refractivity contribution < 1.29 is 19.1 Å². The number of aliphatic hydroxyl groups is 1. The number of amides is 1. The minimum atomic E-state index is -1.60. The van der Waals surface area contributed by atoms with Crippen LogP contribution in [0.1, 0.15) is 50.3 Å². The summed E-state index contributed by atoms with van der Waals surface area (Å²) < 4.78 is 8.43. The summed E-state index contributed by atoms with van der Waals surface area (Å²) in [4.78, 5) is 21.6. The summed E-state index contributed by atoms with van der Waals surface area (Å²) in [5, 5.41) is 18.1. The van der Waals surface area contributed by atoms with Crippen LogP contribution in [0, 0.1) is 5.92 Å². The number of benzene rings is 2. The highest BCUT2D eigenvalue weighted by Gasteiger charge is 2.54. The zero-order chi connectivity index (χ0) is 29.7. The van der Waals surface area contributed by atoms with Gasteiger partial charge in [0, 0.05) is 17.5 Å². The van der Waals surface area contributed by atoms with Crippen LogP contribution in [0.2, 0.25) is 0 Å². The third-order valence-corrected chi connectivity index (χ3v) is 8.87. The molecule has 222 valence electrons. The van der Waals surface area contributed by atoms with E-state index in [1.54, 1.807) is 11.0 Å². The van der Waals surface area contributed by atoms with Crippen molar-refractivity contribution in [1.29, 1.82) is 0 Å². The fourth-order valence-electron chi connectivity index (χ4n) is 6.49. The van der Waals surface area contributed by atoms with Crippen LogP contribution >= 0.6 is 0 Å². The first-order valence-electron chi connectivity index (χ1n) is 15.0. The molecule has 3 N–H and O–H groups in total. The molecule has 0 bridgehead atoms. The van der Waals surface area contributed by atoms with E-state index in [9.17, 15) is 9.90 Å². The molecule has 1 aliphatic rings. The average molecular weight is 572 g/mol. The lowest BCUT2D eigenvalue weighted by atomic mass is 9.71. The van der Waals surface area contributed by atoms with E-state index in [0.29, 0.717) is 36.4 Å². The lowest BCUT2D eigenvalue weighted by Crippen LogP contribution is -2.68. The number of pyridine rings is 1. The molecule has 0 aliphatic heterocycles. The molecule has 1 unspecified atom stereocenters. The number of likely N-dealkylation sites (N-methyl/N-ethyl adjacent to an activating group) is 1. The van der Waals surface area contributed by atoms with Crippen LogP contribution in [0.5, 0.6) is 5.88 Å². The molecule has 42 heavy (non-hydrogen) atoms. The molecule has 2 aromatic heterocycles. The Bertz CT molecular complexity index is 1490. The number of fused-ring (bicyclic) bond motifs is 1. The second kappa shape index (κ2) is 12.6. The molecule has 0 spiro atoms. The van der Waals surface area contributed by atoms with Gasteiger partial charge in [-0.25, -0.2) is 14.6 Å². The second-order valence-corrected chi connectivity index (χ2v) is 12.3. The number of primary amides is 1. The molecule has 4 aromatic rings. The van der Waals surface area contributed by atoms with E-state index in [-0.39, 0.29) is 12.0 Å². The Balaban J connectivity index is 1.24. The van der Waals surface area contributed by atoms with Crippen molar-refractivity contribution in [3.05, 3.63) is 78.5 Å². The van der Waals surface area contributed by atoms with Gasteiger partial charge in [0.25, 0.3) is 5.91 Å². The molecule has 1 aliphatic carbocycles.